The van der Waals surface area contributed by atoms with Crippen LogP contribution in [0.15, 0.2) is 24.3 Å². The van der Waals surface area contributed by atoms with E-state index in [-0.39, 0.29) is 23.8 Å². The number of para-hydroxylation sites is 1. The van der Waals surface area contributed by atoms with Gasteiger partial charge in [0.25, 0.3) is 0 Å². The number of ether oxygens (including phenoxy) is 1. The normalized spacial score (nSPS) is 13.2. The summed E-state index contributed by atoms with van der Waals surface area (Å²) in [5, 5.41) is 25.7. The number of phenols is 1. The minimum absolute atomic E-state index is 0.0434. The van der Waals surface area contributed by atoms with Crippen LogP contribution >= 0.6 is 0 Å². The summed E-state index contributed by atoms with van der Waals surface area (Å²) in [4.78, 5) is 40.6. The van der Waals surface area contributed by atoms with Crippen LogP contribution in [0, 0.1) is 5.92 Å². The minimum Gasteiger partial charge on any atom is -0.508 e. The topological polar surface area (TPSA) is 128 Å². The molecule has 0 fully saturated rings. The van der Waals surface area contributed by atoms with Gasteiger partial charge in [0.05, 0.1) is 6.61 Å². The summed E-state index contributed by atoms with van der Waals surface area (Å²) in [5.41, 5.74) is -0.517. The molecule has 192 valence electrons. The van der Waals surface area contributed by atoms with Crippen LogP contribution in [-0.4, -0.2) is 64.4 Å². The summed E-state index contributed by atoms with van der Waals surface area (Å²) in [6, 6.07) is 4.11. The fourth-order valence-corrected chi connectivity index (χ4v) is 3.47. The van der Waals surface area contributed by atoms with Gasteiger partial charge in [0.15, 0.2) is 0 Å². The highest BCUT2D eigenvalue weighted by molar-refractivity contribution is 5.92. The molecule has 3 amide bonds. The van der Waals surface area contributed by atoms with Crippen LogP contribution in [0.2, 0.25) is 0 Å². The van der Waals surface area contributed by atoms with Crippen molar-refractivity contribution >= 4 is 17.9 Å². The first-order valence-electron chi connectivity index (χ1n) is 11.9. The highest BCUT2D eigenvalue weighted by Gasteiger charge is 2.37. The Morgan fingerprint density at radius 3 is 2.32 bits per heavy atom. The number of hydrogen-bond acceptors (Lipinski definition) is 6. The number of aliphatic hydroxyl groups excluding tert-OH is 1. The molecule has 9 heteroatoms. The Morgan fingerprint density at radius 1 is 1.15 bits per heavy atom. The molecule has 9 nitrogen and oxygen atoms in total. The van der Waals surface area contributed by atoms with E-state index in [2.05, 4.69) is 10.6 Å². The Kier molecular flexibility index (Phi) is 11.9. The maximum atomic E-state index is 13.7. The molecular weight excluding hydrogens is 438 g/mol. The average Bonchev–Trinajstić information content (AvgIpc) is 2.72. The molecule has 0 aromatic heterocycles. The number of alkyl carbamates (subject to hydrolysis) is 1. The summed E-state index contributed by atoms with van der Waals surface area (Å²) < 4.78 is 5.33. The van der Waals surface area contributed by atoms with Gasteiger partial charge in [-0.25, -0.2) is 4.79 Å². The van der Waals surface area contributed by atoms with Crippen LogP contribution in [0.3, 0.4) is 0 Å². The van der Waals surface area contributed by atoms with E-state index in [1.54, 1.807) is 39.0 Å². The van der Waals surface area contributed by atoms with E-state index < -0.39 is 42.2 Å². The number of rotatable bonds is 12. The Labute approximate surface area is 202 Å². The van der Waals surface area contributed by atoms with Crippen LogP contribution in [0.5, 0.6) is 5.75 Å². The first-order valence-corrected chi connectivity index (χ1v) is 11.9. The molecule has 0 aliphatic heterocycles. The van der Waals surface area contributed by atoms with Gasteiger partial charge in [-0.3, -0.25) is 9.59 Å². The van der Waals surface area contributed by atoms with Crippen molar-refractivity contribution in [3.63, 3.8) is 0 Å². The maximum absolute atomic E-state index is 13.7. The Hall–Kier alpha value is -2.81. The van der Waals surface area contributed by atoms with Gasteiger partial charge in [-0.1, -0.05) is 45.4 Å². The number of aliphatic hydroxyl groups is 1. The smallest absolute Gasteiger partial charge is 0.408 e. The van der Waals surface area contributed by atoms with Gasteiger partial charge in [-0.05, 0) is 45.6 Å². The maximum Gasteiger partial charge on any atom is 0.408 e. The molecule has 1 aromatic carbocycles. The molecule has 34 heavy (non-hydrogen) atoms. The third kappa shape index (κ3) is 9.59. The number of nitrogens with zero attached hydrogens (tertiary/aromatic N) is 1. The quantitative estimate of drug-likeness (QED) is 0.341. The number of benzene rings is 1. The van der Waals surface area contributed by atoms with E-state index in [0.717, 1.165) is 12.8 Å². The van der Waals surface area contributed by atoms with E-state index in [1.807, 2.05) is 20.8 Å². The minimum atomic E-state index is -1.19. The predicted octanol–water partition coefficient (Wildman–Crippen LogP) is 3.11. The summed E-state index contributed by atoms with van der Waals surface area (Å²) in [6.45, 7) is 10.8. The second-order valence-corrected chi connectivity index (χ2v) is 9.69. The number of aromatic hydroxyl groups is 1. The molecule has 0 aliphatic carbocycles. The number of hydrogen-bond donors (Lipinski definition) is 4. The Bertz CT molecular complexity index is 806. The number of nitrogens with one attached hydrogen (secondary N) is 2. The van der Waals surface area contributed by atoms with Crippen LogP contribution in [-0.2, 0) is 14.3 Å². The van der Waals surface area contributed by atoms with Crippen LogP contribution in [0.25, 0.3) is 0 Å². The molecule has 0 saturated carbocycles. The van der Waals surface area contributed by atoms with Crippen molar-refractivity contribution in [2.45, 2.75) is 78.5 Å². The zero-order valence-corrected chi connectivity index (χ0v) is 21.3. The lowest BCUT2D eigenvalue weighted by Gasteiger charge is -2.34. The van der Waals surface area contributed by atoms with Gasteiger partial charge in [0.2, 0.25) is 11.8 Å². The lowest BCUT2D eigenvalue weighted by Crippen LogP contribution is -2.54. The highest BCUT2D eigenvalue weighted by Crippen LogP contribution is 2.30. The molecule has 2 unspecified atom stereocenters. The summed E-state index contributed by atoms with van der Waals surface area (Å²) in [5.74, 6) is -1.12. The molecule has 0 spiro atoms. The first-order chi connectivity index (χ1) is 15.9. The van der Waals surface area contributed by atoms with Gasteiger partial charge in [-0.15, -0.1) is 0 Å². The number of carbonyl (C=O) groups is 3. The summed E-state index contributed by atoms with van der Waals surface area (Å²) in [6.07, 6.45) is 1.17. The molecule has 0 saturated heterocycles. The number of carbonyl (C=O) groups excluding carboxylic acids is 3. The lowest BCUT2D eigenvalue weighted by molar-refractivity contribution is -0.143. The molecule has 0 bridgehead atoms. The third-order valence-electron chi connectivity index (χ3n) is 4.94. The van der Waals surface area contributed by atoms with Gasteiger partial charge in [0, 0.05) is 18.7 Å². The van der Waals surface area contributed by atoms with Crippen molar-refractivity contribution in [3.05, 3.63) is 29.8 Å². The highest BCUT2D eigenvalue weighted by atomic mass is 16.6. The largest absolute Gasteiger partial charge is 0.508 e. The average molecular weight is 480 g/mol. The van der Waals surface area contributed by atoms with E-state index in [1.165, 1.54) is 11.0 Å². The van der Waals surface area contributed by atoms with E-state index in [9.17, 15) is 24.6 Å². The van der Waals surface area contributed by atoms with E-state index in [0.29, 0.717) is 13.0 Å². The van der Waals surface area contributed by atoms with Gasteiger partial charge < -0.3 is 30.5 Å². The van der Waals surface area contributed by atoms with Crippen molar-refractivity contribution in [1.29, 1.82) is 0 Å². The second kappa shape index (κ2) is 13.8. The van der Waals surface area contributed by atoms with Gasteiger partial charge >= 0.3 is 6.09 Å². The molecule has 0 aliphatic rings. The second-order valence-electron chi connectivity index (χ2n) is 9.69. The molecule has 1 rings (SSSR count). The van der Waals surface area contributed by atoms with Crippen molar-refractivity contribution in [3.8, 4) is 5.75 Å². The zero-order valence-electron chi connectivity index (χ0n) is 21.3. The van der Waals surface area contributed by atoms with Crippen molar-refractivity contribution in [2.24, 2.45) is 5.92 Å². The predicted molar refractivity (Wildman–Crippen MR) is 130 cm³/mol. The lowest BCUT2D eigenvalue weighted by atomic mass is 9.98. The number of amides is 3. The van der Waals surface area contributed by atoms with E-state index >= 15 is 0 Å². The first kappa shape index (κ1) is 29.2. The summed E-state index contributed by atoms with van der Waals surface area (Å²) in [7, 11) is 0. The molecule has 4 N–H and O–H groups in total. The third-order valence-corrected chi connectivity index (χ3v) is 4.94. The Morgan fingerprint density at radius 2 is 1.79 bits per heavy atom. The van der Waals surface area contributed by atoms with Crippen molar-refractivity contribution < 1.29 is 29.3 Å². The number of unbranched alkanes of at least 4 members (excludes halogenated alkanes) is 1. The molecule has 0 radical (unpaired) electrons. The van der Waals surface area contributed by atoms with Crippen molar-refractivity contribution in [1.82, 2.24) is 15.5 Å². The zero-order chi connectivity index (χ0) is 25.9. The van der Waals surface area contributed by atoms with Crippen LogP contribution in [0.1, 0.15) is 72.4 Å². The van der Waals surface area contributed by atoms with Crippen LogP contribution in [0.4, 0.5) is 4.79 Å². The molecule has 1 aromatic rings. The molecule has 0 heterocycles. The fourth-order valence-electron chi connectivity index (χ4n) is 3.47. The molecular formula is C25H41N3O6. The van der Waals surface area contributed by atoms with Gasteiger partial charge in [0.1, 0.15) is 23.4 Å². The van der Waals surface area contributed by atoms with Gasteiger partial charge in [-0.2, -0.15) is 0 Å². The van der Waals surface area contributed by atoms with Crippen molar-refractivity contribution in [2.75, 3.05) is 19.7 Å². The van der Waals surface area contributed by atoms with Crippen LogP contribution < -0.4 is 10.6 Å². The standard InChI is InChI=1S/C25H41N3O6/c1-7-8-13-26-22(31)21(18-11-9-10-12-20(18)30)28(14-15-29)23(32)19(16-17(2)3)27-24(33)34-25(4,5)6/h9-12,17,19,21,29-30H,7-8,13-16H2,1-6H3,(H,26,31)(H,27,33). The van der Waals surface area contributed by atoms with E-state index in [4.69, 9.17) is 4.74 Å². The fraction of sp³-hybridized carbons (Fsp3) is 0.640. The molecule has 2 atom stereocenters. The number of phenolic OH excluding ortho intramolecular Hbond substituents is 1. The Balaban J connectivity index is 3.38. The SMILES string of the molecule is CCCCNC(=O)C(c1ccccc1O)N(CCO)C(=O)C(CC(C)C)NC(=O)OC(C)(C)C. The summed E-state index contributed by atoms with van der Waals surface area (Å²) >= 11 is 0. The monoisotopic (exact) mass is 479 g/mol.